The third kappa shape index (κ3) is 2.27. The van der Waals surface area contributed by atoms with E-state index in [0.29, 0.717) is 12.3 Å². The Morgan fingerprint density at radius 2 is 2.38 bits per heavy atom. The zero-order valence-corrected chi connectivity index (χ0v) is 10.4. The maximum Gasteiger partial charge on any atom is 0.415 e. The highest BCUT2D eigenvalue weighted by Crippen LogP contribution is 2.27. The molecule has 0 bridgehead atoms. The van der Waals surface area contributed by atoms with Gasteiger partial charge in [0.1, 0.15) is 0 Å². The average molecular weight is 237 g/mol. The zero-order valence-electron chi connectivity index (χ0n) is 9.58. The van der Waals surface area contributed by atoms with E-state index in [0.717, 1.165) is 13.0 Å². The van der Waals surface area contributed by atoms with Crippen molar-refractivity contribution in [3.8, 4) is 0 Å². The van der Waals surface area contributed by atoms with Gasteiger partial charge in [-0.3, -0.25) is 0 Å². The smallest absolute Gasteiger partial charge is 0.415 e. The first kappa shape index (κ1) is 11.2. The van der Waals surface area contributed by atoms with Crippen LogP contribution in [0, 0.1) is 6.92 Å². The van der Waals surface area contributed by atoms with Crippen LogP contribution in [0.3, 0.4) is 0 Å². The lowest BCUT2D eigenvalue weighted by Gasteiger charge is -2.25. The SMILES string of the molecule is C=C(C)OC(=O)N1CCc2cc(C)sc2C1. The predicted octanol–water partition coefficient (Wildman–Crippen LogP) is 3.08. The van der Waals surface area contributed by atoms with E-state index in [1.165, 1.54) is 15.3 Å². The van der Waals surface area contributed by atoms with Crippen molar-refractivity contribution in [1.82, 2.24) is 4.90 Å². The van der Waals surface area contributed by atoms with E-state index in [-0.39, 0.29) is 6.09 Å². The molecule has 4 heteroatoms. The fraction of sp³-hybridized carbons (Fsp3) is 0.417. The number of ether oxygens (including phenoxy) is 1. The van der Waals surface area contributed by atoms with Crippen LogP contribution in [0.25, 0.3) is 0 Å². The Morgan fingerprint density at radius 1 is 1.62 bits per heavy atom. The summed E-state index contributed by atoms with van der Waals surface area (Å²) >= 11 is 1.76. The van der Waals surface area contributed by atoms with E-state index in [9.17, 15) is 4.79 Å². The number of carbonyl (C=O) groups excluding carboxylic acids is 1. The van der Waals surface area contributed by atoms with E-state index >= 15 is 0 Å². The molecule has 16 heavy (non-hydrogen) atoms. The maximum atomic E-state index is 11.7. The number of hydrogen-bond acceptors (Lipinski definition) is 3. The van der Waals surface area contributed by atoms with Gasteiger partial charge in [-0.15, -0.1) is 11.3 Å². The highest BCUT2D eigenvalue weighted by molar-refractivity contribution is 7.12. The summed E-state index contributed by atoms with van der Waals surface area (Å²) in [5.41, 5.74) is 1.38. The molecule has 0 radical (unpaired) electrons. The largest absolute Gasteiger partial charge is 0.416 e. The van der Waals surface area contributed by atoms with Gasteiger partial charge in [-0.05, 0) is 31.9 Å². The summed E-state index contributed by atoms with van der Waals surface area (Å²) < 4.78 is 5.01. The van der Waals surface area contributed by atoms with Crippen LogP contribution in [0.1, 0.15) is 22.2 Å². The van der Waals surface area contributed by atoms with Crippen molar-refractivity contribution < 1.29 is 9.53 Å². The number of thiophene rings is 1. The third-order valence-electron chi connectivity index (χ3n) is 2.53. The van der Waals surface area contributed by atoms with E-state index in [4.69, 9.17) is 4.74 Å². The maximum absolute atomic E-state index is 11.7. The number of amides is 1. The molecule has 0 atom stereocenters. The van der Waals surface area contributed by atoms with Gasteiger partial charge in [0, 0.05) is 16.3 Å². The highest BCUT2D eigenvalue weighted by Gasteiger charge is 2.23. The molecule has 1 aromatic heterocycles. The van der Waals surface area contributed by atoms with Crippen LogP contribution in [0.5, 0.6) is 0 Å². The second-order valence-corrected chi connectivity index (χ2v) is 5.39. The van der Waals surface area contributed by atoms with Gasteiger partial charge in [0.25, 0.3) is 0 Å². The molecule has 86 valence electrons. The molecular weight excluding hydrogens is 222 g/mol. The zero-order chi connectivity index (χ0) is 11.7. The monoisotopic (exact) mass is 237 g/mol. The summed E-state index contributed by atoms with van der Waals surface area (Å²) in [6, 6.07) is 2.21. The first-order chi connectivity index (χ1) is 7.56. The Morgan fingerprint density at radius 3 is 3.06 bits per heavy atom. The lowest BCUT2D eigenvalue weighted by atomic mass is 10.1. The second-order valence-electron chi connectivity index (χ2n) is 4.05. The fourth-order valence-corrected chi connectivity index (χ4v) is 2.94. The third-order valence-corrected chi connectivity index (χ3v) is 3.60. The molecule has 0 N–H and O–H groups in total. The Hall–Kier alpha value is -1.29. The van der Waals surface area contributed by atoms with Gasteiger partial charge in [-0.1, -0.05) is 6.58 Å². The molecule has 1 aliphatic rings. The summed E-state index contributed by atoms with van der Waals surface area (Å²) in [4.78, 5) is 16.0. The first-order valence-corrected chi connectivity index (χ1v) is 6.08. The molecule has 0 aliphatic carbocycles. The number of fused-ring (bicyclic) bond motifs is 1. The highest BCUT2D eigenvalue weighted by atomic mass is 32.1. The predicted molar refractivity (Wildman–Crippen MR) is 64.5 cm³/mol. The minimum Gasteiger partial charge on any atom is -0.416 e. The Labute approximate surface area is 99.3 Å². The Balaban J connectivity index is 2.07. The van der Waals surface area contributed by atoms with E-state index in [1.54, 1.807) is 23.2 Å². The molecule has 0 aromatic carbocycles. The number of allylic oxidation sites excluding steroid dienone is 1. The van der Waals surface area contributed by atoms with Crippen LogP contribution in [-0.2, 0) is 17.7 Å². The molecule has 1 amide bonds. The van der Waals surface area contributed by atoms with Gasteiger partial charge in [0.2, 0.25) is 0 Å². The number of nitrogens with zero attached hydrogens (tertiary/aromatic N) is 1. The lowest BCUT2D eigenvalue weighted by Crippen LogP contribution is -2.35. The molecule has 0 unspecified atom stereocenters. The molecule has 2 rings (SSSR count). The summed E-state index contributed by atoms with van der Waals surface area (Å²) in [5, 5.41) is 0. The minimum absolute atomic E-state index is 0.288. The summed E-state index contributed by atoms with van der Waals surface area (Å²) in [6.07, 6.45) is 0.634. The molecule has 3 nitrogen and oxygen atoms in total. The topological polar surface area (TPSA) is 29.5 Å². The van der Waals surface area contributed by atoms with Crippen LogP contribution in [0.4, 0.5) is 4.79 Å². The van der Waals surface area contributed by atoms with Gasteiger partial charge in [0.05, 0.1) is 12.3 Å². The van der Waals surface area contributed by atoms with Crippen molar-refractivity contribution in [2.75, 3.05) is 6.54 Å². The summed E-state index contributed by atoms with van der Waals surface area (Å²) in [7, 11) is 0. The molecule has 2 heterocycles. The molecule has 1 aromatic rings. The number of carbonyl (C=O) groups is 1. The standard InChI is InChI=1S/C12H15NO2S/c1-8(2)15-12(14)13-5-4-10-6-9(3)16-11(10)7-13/h6H,1,4-5,7H2,2-3H3. The molecule has 1 aliphatic heterocycles. The Kier molecular flexibility index (Phi) is 3.01. The molecule has 0 fully saturated rings. The summed E-state index contributed by atoms with van der Waals surface area (Å²) in [6.45, 7) is 8.75. The van der Waals surface area contributed by atoms with Crippen LogP contribution >= 0.6 is 11.3 Å². The number of rotatable bonds is 1. The van der Waals surface area contributed by atoms with E-state index in [2.05, 4.69) is 19.6 Å². The fourth-order valence-electron chi connectivity index (χ4n) is 1.84. The first-order valence-electron chi connectivity index (χ1n) is 5.26. The van der Waals surface area contributed by atoms with Crippen LogP contribution in [0.2, 0.25) is 0 Å². The van der Waals surface area contributed by atoms with Gasteiger partial charge in [-0.25, -0.2) is 4.79 Å². The minimum atomic E-state index is -0.288. The van der Waals surface area contributed by atoms with E-state index < -0.39 is 0 Å². The Bertz CT molecular complexity index is 436. The van der Waals surface area contributed by atoms with Crippen molar-refractivity contribution >= 4 is 17.4 Å². The quantitative estimate of drug-likeness (QED) is 0.702. The van der Waals surface area contributed by atoms with Crippen LogP contribution in [0.15, 0.2) is 18.4 Å². The molecule has 0 spiro atoms. The average Bonchev–Trinajstić information content (AvgIpc) is 2.55. The van der Waals surface area contributed by atoms with Gasteiger partial charge in [-0.2, -0.15) is 0 Å². The molecule has 0 saturated carbocycles. The normalized spacial score (nSPS) is 14.5. The van der Waals surface area contributed by atoms with E-state index in [1.807, 2.05) is 0 Å². The number of hydrogen-bond donors (Lipinski definition) is 0. The number of aryl methyl sites for hydroxylation is 1. The van der Waals surface area contributed by atoms with Crippen molar-refractivity contribution in [3.63, 3.8) is 0 Å². The van der Waals surface area contributed by atoms with Crippen molar-refractivity contribution in [2.24, 2.45) is 0 Å². The van der Waals surface area contributed by atoms with Crippen molar-refractivity contribution in [3.05, 3.63) is 33.7 Å². The second kappa shape index (κ2) is 4.29. The van der Waals surface area contributed by atoms with Crippen LogP contribution < -0.4 is 0 Å². The van der Waals surface area contributed by atoms with Gasteiger partial charge >= 0.3 is 6.09 Å². The summed E-state index contributed by atoms with van der Waals surface area (Å²) in [5.74, 6) is 0.443. The van der Waals surface area contributed by atoms with Crippen LogP contribution in [-0.4, -0.2) is 17.5 Å². The molecular formula is C12H15NO2S. The molecule has 0 saturated heterocycles. The van der Waals surface area contributed by atoms with Gasteiger partial charge < -0.3 is 9.64 Å². The lowest BCUT2D eigenvalue weighted by molar-refractivity contribution is 0.124. The van der Waals surface area contributed by atoms with Crippen molar-refractivity contribution in [1.29, 1.82) is 0 Å². The van der Waals surface area contributed by atoms with Crippen molar-refractivity contribution in [2.45, 2.75) is 26.8 Å². The van der Waals surface area contributed by atoms with Gasteiger partial charge in [0.15, 0.2) is 0 Å².